The number of nitrogens with one attached hydrogen (secondary N) is 1. The van der Waals surface area contributed by atoms with E-state index < -0.39 is 0 Å². The standard InChI is InChI=1S/C14H18FN3S/c1-3-16-8-13-9-17-14(19-13)18(2)10-11-5-4-6-12(15)7-11/h4-7,9,16H,3,8,10H2,1-2H3. The second-order valence-corrected chi connectivity index (χ2v) is 5.47. The third-order valence-electron chi connectivity index (χ3n) is 2.73. The van der Waals surface area contributed by atoms with Gasteiger partial charge in [0.05, 0.1) is 0 Å². The molecule has 0 bridgehead atoms. The van der Waals surface area contributed by atoms with Crippen molar-refractivity contribution in [2.75, 3.05) is 18.5 Å². The summed E-state index contributed by atoms with van der Waals surface area (Å²) in [6.45, 7) is 4.54. The molecule has 0 radical (unpaired) electrons. The Kier molecular flexibility index (Phi) is 4.87. The van der Waals surface area contributed by atoms with Crippen LogP contribution in [-0.4, -0.2) is 18.6 Å². The monoisotopic (exact) mass is 279 g/mol. The Balaban J connectivity index is 1.99. The molecule has 3 nitrogen and oxygen atoms in total. The van der Waals surface area contributed by atoms with Crippen molar-refractivity contribution in [3.05, 3.63) is 46.7 Å². The van der Waals surface area contributed by atoms with Crippen molar-refractivity contribution in [2.45, 2.75) is 20.0 Å². The minimum Gasteiger partial charge on any atom is -0.347 e. The summed E-state index contributed by atoms with van der Waals surface area (Å²) in [6.07, 6.45) is 1.89. The molecule has 1 aromatic carbocycles. The number of rotatable bonds is 6. The van der Waals surface area contributed by atoms with Gasteiger partial charge in [-0.2, -0.15) is 0 Å². The van der Waals surface area contributed by atoms with Gasteiger partial charge >= 0.3 is 0 Å². The highest BCUT2D eigenvalue weighted by Gasteiger charge is 2.08. The number of thiazole rings is 1. The summed E-state index contributed by atoms with van der Waals surface area (Å²) in [5.74, 6) is -0.196. The summed E-state index contributed by atoms with van der Waals surface area (Å²) in [4.78, 5) is 7.65. The van der Waals surface area contributed by atoms with Crippen molar-refractivity contribution in [1.82, 2.24) is 10.3 Å². The average Bonchev–Trinajstić information content (AvgIpc) is 2.85. The molecule has 0 atom stereocenters. The summed E-state index contributed by atoms with van der Waals surface area (Å²) in [6, 6.07) is 6.68. The molecule has 0 amide bonds. The molecule has 0 unspecified atom stereocenters. The molecule has 102 valence electrons. The van der Waals surface area contributed by atoms with Gasteiger partial charge in [-0.3, -0.25) is 0 Å². The maximum Gasteiger partial charge on any atom is 0.185 e. The predicted molar refractivity (Wildman–Crippen MR) is 78.0 cm³/mol. The van der Waals surface area contributed by atoms with Crippen LogP contribution in [0.5, 0.6) is 0 Å². The molecule has 2 rings (SSSR count). The zero-order valence-electron chi connectivity index (χ0n) is 11.2. The minimum absolute atomic E-state index is 0.196. The molecule has 19 heavy (non-hydrogen) atoms. The lowest BCUT2D eigenvalue weighted by atomic mass is 10.2. The Morgan fingerprint density at radius 3 is 3.00 bits per heavy atom. The summed E-state index contributed by atoms with van der Waals surface area (Å²) >= 11 is 1.66. The van der Waals surface area contributed by atoms with Crippen molar-refractivity contribution in [2.24, 2.45) is 0 Å². The molecule has 1 heterocycles. The van der Waals surface area contributed by atoms with Gasteiger partial charge in [0.1, 0.15) is 5.82 Å². The second kappa shape index (κ2) is 6.63. The van der Waals surface area contributed by atoms with E-state index in [1.165, 1.54) is 10.9 Å². The molecule has 0 aliphatic heterocycles. The lowest BCUT2D eigenvalue weighted by Crippen LogP contribution is -2.16. The van der Waals surface area contributed by atoms with Gasteiger partial charge in [0, 0.05) is 31.2 Å². The molecule has 0 aliphatic rings. The predicted octanol–water partition coefficient (Wildman–Crippen LogP) is 3.03. The van der Waals surface area contributed by atoms with Crippen molar-refractivity contribution in [3.63, 3.8) is 0 Å². The molecule has 1 aromatic heterocycles. The SMILES string of the molecule is CCNCc1cnc(N(C)Cc2cccc(F)c2)s1. The molecular formula is C14H18FN3S. The molecule has 0 saturated heterocycles. The normalized spacial score (nSPS) is 10.7. The Hall–Kier alpha value is -1.46. The Bertz CT molecular complexity index is 527. The third kappa shape index (κ3) is 4.01. The van der Waals surface area contributed by atoms with E-state index in [2.05, 4.69) is 17.2 Å². The minimum atomic E-state index is -0.196. The number of hydrogen-bond donors (Lipinski definition) is 1. The highest BCUT2D eigenvalue weighted by Crippen LogP contribution is 2.22. The van der Waals surface area contributed by atoms with Crippen LogP contribution in [0.2, 0.25) is 0 Å². The quantitative estimate of drug-likeness (QED) is 0.881. The van der Waals surface area contributed by atoms with Gasteiger partial charge in [0.25, 0.3) is 0 Å². The Morgan fingerprint density at radius 2 is 2.26 bits per heavy atom. The fraction of sp³-hybridized carbons (Fsp3) is 0.357. The van der Waals surface area contributed by atoms with Crippen LogP contribution in [0.25, 0.3) is 0 Å². The van der Waals surface area contributed by atoms with Gasteiger partial charge in [0.15, 0.2) is 5.13 Å². The van der Waals surface area contributed by atoms with Crippen LogP contribution < -0.4 is 10.2 Å². The first-order chi connectivity index (χ1) is 9.19. The van der Waals surface area contributed by atoms with Gasteiger partial charge < -0.3 is 10.2 Å². The fourth-order valence-corrected chi connectivity index (χ4v) is 2.62. The third-order valence-corrected chi connectivity index (χ3v) is 3.84. The van der Waals surface area contributed by atoms with Crippen molar-refractivity contribution in [3.8, 4) is 0 Å². The first-order valence-electron chi connectivity index (χ1n) is 6.30. The van der Waals surface area contributed by atoms with E-state index in [0.29, 0.717) is 6.54 Å². The summed E-state index contributed by atoms with van der Waals surface area (Å²) in [5.41, 5.74) is 0.950. The maximum absolute atomic E-state index is 13.1. The summed E-state index contributed by atoms with van der Waals surface area (Å²) in [7, 11) is 1.97. The summed E-state index contributed by atoms with van der Waals surface area (Å²) < 4.78 is 13.1. The van der Waals surface area contributed by atoms with Gasteiger partial charge in [-0.05, 0) is 24.2 Å². The molecule has 0 spiro atoms. The van der Waals surface area contributed by atoms with Crippen LogP contribution in [-0.2, 0) is 13.1 Å². The van der Waals surface area contributed by atoms with Crippen molar-refractivity contribution in [1.29, 1.82) is 0 Å². The molecule has 0 saturated carbocycles. The first-order valence-corrected chi connectivity index (χ1v) is 7.11. The molecular weight excluding hydrogens is 261 g/mol. The number of nitrogens with zero attached hydrogens (tertiary/aromatic N) is 2. The second-order valence-electron chi connectivity index (χ2n) is 4.38. The number of hydrogen-bond acceptors (Lipinski definition) is 4. The van der Waals surface area contributed by atoms with Crippen LogP contribution in [0.4, 0.5) is 9.52 Å². The van der Waals surface area contributed by atoms with Gasteiger partial charge in [-0.15, -0.1) is 11.3 Å². The van der Waals surface area contributed by atoms with Gasteiger partial charge in [-0.1, -0.05) is 19.1 Å². The molecule has 0 fully saturated rings. The van der Waals surface area contributed by atoms with E-state index >= 15 is 0 Å². The Labute approximate surface area is 117 Å². The molecule has 2 aromatic rings. The van der Waals surface area contributed by atoms with Gasteiger partial charge in [0.2, 0.25) is 0 Å². The maximum atomic E-state index is 13.1. The topological polar surface area (TPSA) is 28.2 Å². The lowest BCUT2D eigenvalue weighted by Gasteiger charge is -2.15. The number of halogens is 1. The van der Waals surface area contributed by atoms with Crippen LogP contribution in [0.3, 0.4) is 0 Å². The number of benzene rings is 1. The molecule has 0 aliphatic carbocycles. The van der Waals surface area contributed by atoms with Crippen LogP contribution in [0, 0.1) is 5.82 Å². The average molecular weight is 279 g/mol. The number of anilines is 1. The Morgan fingerprint density at radius 1 is 1.42 bits per heavy atom. The first kappa shape index (κ1) is 14.0. The lowest BCUT2D eigenvalue weighted by molar-refractivity contribution is 0.625. The zero-order chi connectivity index (χ0) is 13.7. The van der Waals surface area contributed by atoms with Crippen LogP contribution >= 0.6 is 11.3 Å². The van der Waals surface area contributed by atoms with E-state index in [1.54, 1.807) is 23.5 Å². The van der Waals surface area contributed by atoms with E-state index in [1.807, 2.05) is 24.2 Å². The van der Waals surface area contributed by atoms with Crippen molar-refractivity contribution >= 4 is 16.5 Å². The van der Waals surface area contributed by atoms with Crippen LogP contribution in [0.1, 0.15) is 17.4 Å². The molecule has 1 N–H and O–H groups in total. The van der Waals surface area contributed by atoms with Gasteiger partial charge in [-0.25, -0.2) is 9.37 Å². The van der Waals surface area contributed by atoms with Crippen molar-refractivity contribution < 1.29 is 4.39 Å². The van der Waals surface area contributed by atoms with Crippen LogP contribution in [0.15, 0.2) is 30.5 Å². The largest absolute Gasteiger partial charge is 0.347 e. The zero-order valence-corrected chi connectivity index (χ0v) is 12.0. The smallest absolute Gasteiger partial charge is 0.185 e. The number of aromatic nitrogens is 1. The van der Waals surface area contributed by atoms with E-state index in [4.69, 9.17) is 0 Å². The summed E-state index contributed by atoms with van der Waals surface area (Å²) in [5, 5.41) is 4.23. The molecule has 5 heteroatoms. The fourth-order valence-electron chi connectivity index (χ4n) is 1.78. The highest BCUT2D eigenvalue weighted by atomic mass is 32.1. The highest BCUT2D eigenvalue weighted by molar-refractivity contribution is 7.15. The van der Waals surface area contributed by atoms with E-state index in [0.717, 1.165) is 23.8 Å². The van der Waals surface area contributed by atoms with E-state index in [9.17, 15) is 4.39 Å². The van der Waals surface area contributed by atoms with E-state index in [-0.39, 0.29) is 5.82 Å².